The van der Waals surface area contributed by atoms with Crippen molar-refractivity contribution in [2.45, 2.75) is 75.2 Å². The van der Waals surface area contributed by atoms with Crippen molar-refractivity contribution in [3.8, 4) is 5.75 Å². The fourth-order valence-corrected chi connectivity index (χ4v) is 9.03. The second kappa shape index (κ2) is 21.9. The van der Waals surface area contributed by atoms with Crippen molar-refractivity contribution < 1.29 is 33.9 Å². The minimum absolute atomic E-state index is 0.00309. The molecule has 1 fully saturated rings. The smallest absolute Gasteiger partial charge is 0.312 e. The number of hydrogen-bond donors (Lipinski definition) is 8. The molecule has 18 heteroatoms. The number of primary amides is 1. The lowest BCUT2D eigenvalue weighted by atomic mass is 9.98. The van der Waals surface area contributed by atoms with Crippen LogP contribution in [0.3, 0.4) is 0 Å². The molecular formula is C47H56N10O7S. The Balaban J connectivity index is 1.46. The van der Waals surface area contributed by atoms with Gasteiger partial charge in [-0.3, -0.25) is 29.0 Å². The number of rotatable bonds is 14. The fourth-order valence-electron chi connectivity index (χ4n) is 8.06. The second-order valence-corrected chi connectivity index (χ2v) is 17.1. The molecule has 4 aromatic carbocycles. The number of amides is 7. The van der Waals surface area contributed by atoms with Crippen LogP contribution in [0.4, 0.5) is 4.79 Å². The summed E-state index contributed by atoms with van der Waals surface area (Å²) in [6, 6.07) is 20.5. The molecule has 11 N–H and O–H groups in total. The van der Waals surface area contributed by atoms with E-state index in [4.69, 9.17) is 17.2 Å². The number of nitrogens with zero attached hydrogens (tertiary/aromatic N) is 3. The SMILES string of the molecule is CN1C(=O)[C@H](CCCN=C(N)N)NC(=O)[C@@H](Cc2ccc(O)cc2)NC(=O)[C@H](Cc2csc3ccccc23)N(C)C(=O)[C@H](Cc2ccc3ccccc3c2)NC(=O)[C@@H]1CCCNC(N)=O. The third-order valence-electron chi connectivity index (χ3n) is 11.6. The molecule has 17 nitrogen and oxygen atoms in total. The van der Waals surface area contributed by atoms with Crippen LogP contribution in [0.5, 0.6) is 5.75 Å². The maximum atomic E-state index is 15.1. The lowest BCUT2D eigenvalue weighted by Crippen LogP contribution is -2.59. The Bertz CT molecular complexity index is 2540. The molecule has 342 valence electrons. The van der Waals surface area contributed by atoms with Crippen molar-refractivity contribution in [1.82, 2.24) is 31.1 Å². The highest BCUT2D eigenvalue weighted by molar-refractivity contribution is 7.17. The summed E-state index contributed by atoms with van der Waals surface area (Å²) in [4.78, 5) is 92.1. The van der Waals surface area contributed by atoms with Crippen LogP contribution in [0.1, 0.15) is 42.4 Å². The van der Waals surface area contributed by atoms with Crippen molar-refractivity contribution in [1.29, 1.82) is 0 Å². The zero-order valence-corrected chi connectivity index (χ0v) is 37.2. The number of urea groups is 1. The number of fused-ring (bicyclic) bond motifs is 2. The van der Waals surface area contributed by atoms with Gasteiger partial charge in [0.25, 0.3) is 0 Å². The topological polar surface area (TPSA) is 268 Å². The van der Waals surface area contributed by atoms with Crippen molar-refractivity contribution in [2.75, 3.05) is 27.2 Å². The van der Waals surface area contributed by atoms with Crippen LogP contribution in [0, 0.1) is 0 Å². The van der Waals surface area contributed by atoms with Gasteiger partial charge in [0.1, 0.15) is 36.0 Å². The first-order valence-electron chi connectivity index (χ1n) is 21.4. The van der Waals surface area contributed by atoms with E-state index in [0.717, 1.165) is 32.0 Å². The summed E-state index contributed by atoms with van der Waals surface area (Å²) in [5.41, 5.74) is 18.6. The number of phenolic OH excluding ortho intramolecular Hbond substituents is 1. The molecule has 7 amide bonds. The number of aromatic hydroxyl groups is 1. The minimum Gasteiger partial charge on any atom is -0.508 e. The normalized spacial score (nSPS) is 20.1. The number of likely N-dealkylation sites (N-methyl/N-ethyl adjacent to an activating group) is 2. The van der Waals surface area contributed by atoms with Gasteiger partial charge in [0.2, 0.25) is 29.5 Å². The molecule has 2 heterocycles. The number of benzene rings is 4. The highest BCUT2D eigenvalue weighted by atomic mass is 32.1. The van der Waals surface area contributed by atoms with Crippen LogP contribution < -0.4 is 38.5 Å². The molecule has 5 aromatic rings. The monoisotopic (exact) mass is 904 g/mol. The lowest BCUT2D eigenvalue weighted by Gasteiger charge is -2.33. The lowest BCUT2D eigenvalue weighted by molar-refractivity contribution is -0.144. The zero-order valence-electron chi connectivity index (χ0n) is 36.4. The Kier molecular flexibility index (Phi) is 15.9. The number of nitrogens with one attached hydrogen (secondary N) is 4. The summed E-state index contributed by atoms with van der Waals surface area (Å²) in [5, 5.41) is 26.0. The third-order valence-corrected chi connectivity index (χ3v) is 12.6. The molecule has 1 aliphatic rings. The summed E-state index contributed by atoms with van der Waals surface area (Å²) in [6.45, 7) is 0.222. The van der Waals surface area contributed by atoms with Gasteiger partial charge in [0, 0.05) is 51.1 Å². The predicted molar refractivity (Wildman–Crippen MR) is 251 cm³/mol. The zero-order chi connectivity index (χ0) is 46.6. The van der Waals surface area contributed by atoms with Crippen LogP contribution in [-0.2, 0) is 43.2 Å². The van der Waals surface area contributed by atoms with Gasteiger partial charge in [-0.05, 0) is 82.1 Å². The first kappa shape index (κ1) is 47.3. The number of nitrogens with two attached hydrogens (primary N) is 3. The van der Waals surface area contributed by atoms with Crippen LogP contribution in [-0.4, -0.2) is 114 Å². The molecule has 0 aliphatic carbocycles. The van der Waals surface area contributed by atoms with Gasteiger partial charge in [0.15, 0.2) is 5.96 Å². The number of carbonyl (C=O) groups is 6. The largest absolute Gasteiger partial charge is 0.508 e. The Labute approximate surface area is 380 Å². The van der Waals surface area contributed by atoms with E-state index in [9.17, 15) is 29.1 Å². The average Bonchev–Trinajstić information content (AvgIpc) is 3.70. The van der Waals surface area contributed by atoms with Crippen molar-refractivity contribution in [3.63, 3.8) is 0 Å². The van der Waals surface area contributed by atoms with E-state index in [2.05, 4.69) is 26.3 Å². The Hall–Kier alpha value is -7.21. The van der Waals surface area contributed by atoms with Gasteiger partial charge in [-0.1, -0.05) is 72.8 Å². The van der Waals surface area contributed by atoms with Gasteiger partial charge in [-0.15, -0.1) is 11.3 Å². The molecule has 0 unspecified atom stereocenters. The predicted octanol–water partition coefficient (Wildman–Crippen LogP) is 2.41. The molecule has 1 saturated heterocycles. The third kappa shape index (κ3) is 12.5. The number of hydrogen-bond acceptors (Lipinski definition) is 9. The number of guanidine groups is 1. The Morgan fingerprint density at radius 2 is 1.31 bits per heavy atom. The standard InChI is InChI=1S/C47H56N10O7S/c1-56-38(13-8-22-52-47(50)64)42(60)55-37(25-29-15-18-30-9-3-4-10-31(30)23-29)45(63)57(2)39(26-32-27-65-40-14-6-5-11-34(32)40)43(61)54-36(24-28-16-19-33(58)20-17-28)41(59)53-35(44(56)62)12-7-21-51-46(48)49/h3-6,9-11,14-20,23,27,35-39,58H,7-8,12-13,21-22,24-26H2,1-2H3,(H,53,59)(H,54,61)(H,55,60)(H4,48,49,51)(H3,50,52,64)/t35-,36+,37-,38-,39-/m0/s1. The molecule has 1 aromatic heterocycles. The van der Waals surface area contributed by atoms with Crippen molar-refractivity contribution in [2.24, 2.45) is 22.2 Å². The highest BCUT2D eigenvalue weighted by Crippen LogP contribution is 2.28. The van der Waals surface area contributed by atoms with Crippen LogP contribution >= 0.6 is 11.3 Å². The summed E-state index contributed by atoms with van der Waals surface area (Å²) >= 11 is 1.50. The number of carbonyl (C=O) groups excluding carboxylic acids is 6. The second-order valence-electron chi connectivity index (χ2n) is 16.2. The molecule has 65 heavy (non-hydrogen) atoms. The quantitative estimate of drug-likeness (QED) is 0.0462. The average molecular weight is 905 g/mol. The molecule has 5 atom stereocenters. The molecule has 0 radical (unpaired) electrons. The maximum Gasteiger partial charge on any atom is 0.312 e. The van der Waals surface area contributed by atoms with Crippen molar-refractivity contribution >= 4 is 73.7 Å². The molecular weight excluding hydrogens is 849 g/mol. The van der Waals surface area contributed by atoms with E-state index in [1.807, 2.05) is 72.1 Å². The number of aliphatic imine (C=N–C) groups is 1. The van der Waals surface area contributed by atoms with Gasteiger partial charge in [0.05, 0.1) is 0 Å². The first-order valence-corrected chi connectivity index (χ1v) is 22.3. The maximum absolute atomic E-state index is 15.1. The van der Waals surface area contributed by atoms with E-state index in [1.165, 1.54) is 47.4 Å². The summed E-state index contributed by atoms with van der Waals surface area (Å²) in [5.74, 6) is -3.38. The van der Waals surface area contributed by atoms with Gasteiger partial charge >= 0.3 is 6.03 Å². The molecule has 0 spiro atoms. The van der Waals surface area contributed by atoms with E-state index in [-0.39, 0.29) is 69.7 Å². The number of thiophene rings is 1. The fraction of sp³-hybridized carbons (Fsp3) is 0.340. The van der Waals surface area contributed by atoms with Crippen LogP contribution in [0.25, 0.3) is 20.9 Å². The van der Waals surface area contributed by atoms with E-state index < -0.39 is 65.8 Å². The first-order chi connectivity index (χ1) is 31.2. The van der Waals surface area contributed by atoms with Crippen LogP contribution in [0.15, 0.2) is 101 Å². The Morgan fingerprint density at radius 3 is 2.05 bits per heavy atom. The Morgan fingerprint density at radius 1 is 0.692 bits per heavy atom. The molecule has 1 aliphatic heterocycles. The molecule has 0 saturated carbocycles. The highest BCUT2D eigenvalue weighted by Gasteiger charge is 2.39. The van der Waals surface area contributed by atoms with E-state index >= 15 is 4.79 Å². The van der Waals surface area contributed by atoms with E-state index in [0.29, 0.717) is 5.56 Å². The van der Waals surface area contributed by atoms with Gasteiger partial charge in [-0.2, -0.15) is 0 Å². The van der Waals surface area contributed by atoms with Crippen molar-refractivity contribution in [3.05, 3.63) is 113 Å². The van der Waals surface area contributed by atoms with E-state index in [1.54, 1.807) is 12.1 Å². The summed E-state index contributed by atoms with van der Waals surface area (Å²) < 4.78 is 0.983. The molecule has 0 bridgehead atoms. The van der Waals surface area contributed by atoms with Gasteiger partial charge < -0.3 is 53.4 Å². The summed E-state index contributed by atoms with van der Waals surface area (Å²) in [7, 11) is 2.94. The molecule has 6 rings (SSSR count). The number of phenols is 1. The minimum atomic E-state index is -1.27. The summed E-state index contributed by atoms with van der Waals surface area (Å²) in [6.07, 6.45) is 0.588. The van der Waals surface area contributed by atoms with Gasteiger partial charge in [-0.25, -0.2) is 4.79 Å². The van der Waals surface area contributed by atoms with Crippen LogP contribution in [0.2, 0.25) is 0 Å².